The average molecular weight is 432 g/mol. The molecule has 1 aromatic heterocycles. The van der Waals surface area contributed by atoms with Crippen molar-refractivity contribution in [1.29, 1.82) is 0 Å². The molecule has 1 aliphatic rings. The number of thiazole rings is 1. The minimum atomic E-state index is -0.0187. The van der Waals surface area contributed by atoms with Crippen LogP contribution in [0.25, 0.3) is 0 Å². The summed E-state index contributed by atoms with van der Waals surface area (Å²) in [5, 5.41) is 9.39. The lowest BCUT2D eigenvalue weighted by atomic mass is 9.94. The summed E-state index contributed by atoms with van der Waals surface area (Å²) in [6.45, 7) is 6.16. The summed E-state index contributed by atoms with van der Waals surface area (Å²) >= 11 is 1.55. The lowest BCUT2D eigenvalue weighted by molar-refractivity contribution is -0.120. The molecular formula is C19H27Cl2N3O2S. The van der Waals surface area contributed by atoms with Crippen LogP contribution in [0.2, 0.25) is 0 Å². The Labute approximate surface area is 177 Å². The highest BCUT2D eigenvalue weighted by molar-refractivity contribution is 7.09. The third-order valence-corrected chi connectivity index (χ3v) is 5.45. The van der Waals surface area contributed by atoms with E-state index in [4.69, 9.17) is 4.74 Å². The molecule has 1 amide bonds. The number of rotatable bonds is 7. The van der Waals surface area contributed by atoms with Gasteiger partial charge in [-0.3, -0.25) is 4.79 Å². The number of fused-ring (bicyclic) bond motifs is 1. The minimum absolute atomic E-state index is 0. The molecule has 0 aliphatic carbocycles. The molecule has 150 valence electrons. The lowest BCUT2D eigenvalue weighted by Crippen LogP contribution is -2.39. The van der Waals surface area contributed by atoms with Gasteiger partial charge in [0, 0.05) is 24.6 Å². The number of carbonyl (C=O) groups is 1. The number of nitrogens with one attached hydrogen (secondary N) is 2. The molecule has 0 saturated carbocycles. The standard InChI is InChI=1S/C19H25N3O2S.2ClH/c1-3-24-13(2)19-22-15(12-25-19)10-18(23)21-11-17-16-7-5-4-6-14(16)8-9-20-17;;/h4-7,12-13,17,20H,3,8-11H2,1-2H3,(H,21,23);2*1H. The molecule has 2 atom stereocenters. The molecule has 1 aliphatic heterocycles. The van der Waals surface area contributed by atoms with Crippen LogP contribution in [0.15, 0.2) is 29.6 Å². The molecule has 27 heavy (non-hydrogen) atoms. The predicted molar refractivity (Wildman–Crippen MR) is 114 cm³/mol. The first-order valence-corrected chi connectivity index (χ1v) is 9.69. The maximum Gasteiger partial charge on any atom is 0.226 e. The molecule has 1 aromatic carbocycles. The zero-order valence-electron chi connectivity index (χ0n) is 15.6. The van der Waals surface area contributed by atoms with Gasteiger partial charge in [0.05, 0.1) is 12.1 Å². The lowest BCUT2D eigenvalue weighted by Gasteiger charge is -2.27. The third kappa shape index (κ3) is 6.43. The molecule has 3 rings (SSSR count). The summed E-state index contributed by atoms with van der Waals surface area (Å²) in [4.78, 5) is 16.8. The first-order valence-electron chi connectivity index (χ1n) is 8.81. The second-order valence-electron chi connectivity index (χ2n) is 6.21. The van der Waals surface area contributed by atoms with Crippen molar-refractivity contribution in [3.8, 4) is 0 Å². The fourth-order valence-corrected chi connectivity index (χ4v) is 3.95. The number of hydrogen-bond acceptors (Lipinski definition) is 5. The van der Waals surface area contributed by atoms with Crippen LogP contribution in [0.3, 0.4) is 0 Å². The topological polar surface area (TPSA) is 63.2 Å². The van der Waals surface area contributed by atoms with Gasteiger partial charge in [0.1, 0.15) is 11.1 Å². The van der Waals surface area contributed by atoms with E-state index < -0.39 is 0 Å². The van der Waals surface area contributed by atoms with Crippen LogP contribution in [0.5, 0.6) is 0 Å². The van der Waals surface area contributed by atoms with Crippen molar-refractivity contribution in [3.05, 3.63) is 51.5 Å². The van der Waals surface area contributed by atoms with Gasteiger partial charge in [0.15, 0.2) is 0 Å². The molecule has 0 radical (unpaired) electrons. The highest BCUT2D eigenvalue weighted by Crippen LogP contribution is 2.23. The van der Waals surface area contributed by atoms with E-state index in [2.05, 4.69) is 39.9 Å². The van der Waals surface area contributed by atoms with Crippen molar-refractivity contribution >= 4 is 42.1 Å². The second kappa shape index (κ2) is 11.6. The van der Waals surface area contributed by atoms with Crippen LogP contribution in [0.4, 0.5) is 0 Å². The summed E-state index contributed by atoms with van der Waals surface area (Å²) < 4.78 is 5.55. The minimum Gasteiger partial charge on any atom is -0.372 e. The Morgan fingerprint density at radius 2 is 2.19 bits per heavy atom. The highest BCUT2D eigenvalue weighted by Gasteiger charge is 2.20. The van der Waals surface area contributed by atoms with E-state index in [1.165, 1.54) is 11.1 Å². The number of halogens is 2. The molecule has 2 unspecified atom stereocenters. The fourth-order valence-electron chi connectivity index (χ4n) is 3.13. The quantitative estimate of drug-likeness (QED) is 0.702. The molecular weight excluding hydrogens is 405 g/mol. The van der Waals surface area contributed by atoms with E-state index in [9.17, 15) is 4.79 Å². The molecule has 5 nitrogen and oxygen atoms in total. The van der Waals surface area contributed by atoms with Gasteiger partial charge in [0.2, 0.25) is 5.91 Å². The maximum absolute atomic E-state index is 12.3. The molecule has 0 spiro atoms. The molecule has 0 fully saturated rings. The van der Waals surface area contributed by atoms with E-state index in [-0.39, 0.29) is 42.9 Å². The maximum atomic E-state index is 12.3. The molecule has 2 N–H and O–H groups in total. The third-order valence-electron chi connectivity index (χ3n) is 4.39. The van der Waals surface area contributed by atoms with Gasteiger partial charge >= 0.3 is 0 Å². The van der Waals surface area contributed by atoms with Crippen LogP contribution in [-0.2, 0) is 22.4 Å². The second-order valence-corrected chi connectivity index (χ2v) is 7.10. The van der Waals surface area contributed by atoms with Crippen molar-refractivity contribution in [2.45, 2.75) is 38.8 Å². The number of amides is 1. The van der Waals surface area contributed by atoms with Gasteiger partial charge in [-0.2, -0.15) is 0 Å². The predicted octanol–water partition coefficient (Wildman–Crippen LogP) is 3.63. The summed E-state index contributed by atoms with van der Waals surface area (Å²) in [5.41, 5.74) is 3.46. The SMILES string of the molecule is CCOC(C)c1nc(CC(=O)NCC2NCCc3ccccc32)cs1.Cl.Cl. The Morgan fingerprint density at radius 3 is 2.96 bits per heavy atom. The van der Waals surface area contributed by atoms with Crippen LogP contribution in [-0.4, -0.2) is 30.6 Å². The fraction of sp³-hybridized carbons (Fsp3) is 0.474. The Hall–Kier alpha value is -1.18. The number of benzene rings is 1. The van der Waals surface area contributed by atoms with Crippen molar-refractivity contribution in [2.75, 3.05) is 19.7 Å². The summed E-state index contributed by atoms with van der Waals surface area (Å²) in [7, 11) is 0. The van der Waals surface area contributed by atoms with Crippen LogP contribution in [0.1, 0.15) is 47.8 Å². The number of aromatic nitrogens is 1. The molecule has 2 aromatic rings. The summed E-state index contributed by atoms with van der Waals surface area (Å²) in [5.74, 6) is 0.00534. The van der Waals surface area contributed by atoms with Gasteiger partial charge < -0.3 is 15.4 Å². The Morgan fingerprint density at radius 1 is 1.41 bits per heavy atom. The van der Waals surface area contributed by atoms with Crippen molar-refractivity contribution in [3.63, 3.8) is 0 Å². The highest BCUT2D eigenvalue weighted by atomic mass is 35.5. The van der Waals surface area contributed by atoms with E-state index >= 15 is 0 Å². The Balaban J connectivity index is 0.00000182. The smallest absolute Gasteiger partial charge is 0.226 e. The molecule has 0 bridgehead atoms. The average Bonchev–Trinajstić information content (AvgIpc) is 3.08. The number of hydrogen-bond donors (Lipinski definition) is 2. The van der Waals surface area contributed by atoms with E-state index in [0.717, 1.165) is 23.7 Å². The first-order chi connectivity index (χ1) is 12.2. The number of nitrogens with zero attached hydrogens (tertiary/aromatic N) is 1. The van der Waals surface area contributed by atoms with E-state index in [0.29, 0.717) is 19.6 Å². The van der Waals surface area contributed by atoms with Gasteiger partial charge in [-0.25, -0.2) is 4.98 Å². The van der Waals surface area contributed by atoms with Gasteiger partial charge in [-0.1, -0.05) is 24.3 Å². The zero-order chi connectivity index (χ0) is 17.6. The molecule has 8 heteroatoms. The zero-order valence-corrected chi connectivity index (χ0v) is 18.0. The molecule has 0 saturated heterocycles. The Kier molecular flexibility index (Phi) is 10.3. The van der Waals surface area contributed by atoms with Crippen LogP contribution < -0.4 is 10.6 Å². The van der Waals surface area contributed by atoms with Gasteiger partial charge in [-0.05, 0) is 37.9 Å². The molecule has 2 heterocycles. The first kappa shape index (κ1) is 23.9. The Bertz CT molecular complexity index is 726. The monoisotopic (exact) mass is 431 g/mol. The van der Waals surface area contributed by atoms with Crippen molar-refractivity contribution < 1.29 is 9.53 Å². The van der Waals surface area contributed by atoms with Gasteiger partial charge in [-0.15, -0.1) is 36.2 Å². The van der Waals surface area contributed by atoms with Gasteiger partial charge in [0.25, 0.3) is 0 Å². The number of carbonyl (C=O) groups excluding carboxylic acids is 1. The van der Waals surface area contributed by atoms with Crippen molar-refractivity contribution in [2.24, 2.45) is 0 Å². The summed E-state index contributed by atoms with van der Waals surface area (Å²) in [6, 6.07) is 8.61. The van der Waals surface area contributed by atoms with Crippen LogP contribution in [0, 0.1) is 0 Å². The number of ether oxygens (including phenoxy) is 1. The van der Waals surface area contributed by atoms with E-state index in [1.807, 2.05) is 19.2 Å². The van der Waals surface area contributed by atoms with Crippen molar-refractivity contribution in [1.82, 2.24) is 15.6 Å². The van der Waals surface area contributed by atoms with E-state index in [1.54, 1.807) is 11.3 Å². The normalized spacial score (nSPS) is 16.4. The van der Waals surface area contributed by atoms with Crippen LogP contribution >= 0.6 is 36.2 Å². The largest absolute Gasteiger partial charge is 0.372 e. The summed E-state index contributed by atoms with van der Waals surface area (Å²) in [6.07, 6.45) is 1.33.